The third-order valence-electron chi connectivity index (χ3n) is 4.09. The summed E-state index contributed by atoms with van der Waals surface area (Å²) in [7, 11) is 0. The number of aliphatic hydroxyl groups excluding tert-OH is 1. The minimum Gasteiger partial charge on any atom is -0.508 e. The molecular weight excluding hydrogens is 224 g/mol. The lowest BCUT2D eigenvalue weighted by Crippen LogP contribution is -2.07. The summed E-state index contributed by atoms with van der Waals surface area (Å²) in [5, 5.41) is 19.3. The summed E-state index contributed by atoms with van der Waals surface area (Å²) in [4.78, 5) is 0. The van der Waals surface area contributed by atoms with Gasteiger partial charge in [-0.1, -0.05) is 57.1 Å². The van der Waals surface area contributed by atoms with E-state index >= 15 is 0 Å². The largest absolute Gasteiger partial charge is 0.508 e. The maximum Gasteiger partial charge on any atom is 0.115 e. The maximum atomic E-state index is 10.1. The third-order valence-corrected chi connectivity index (χ3v) is 4.09. The summed E-state index contributed by atoms with van der Waals surface area (Å²) in [5.74, 6) is 1.15. The molecule has 18 heavy (non-hydrogen) atoms. The molecule has 0 spiro atoms. The van der Waals surface area contributed by atoms with Crippen LogP contribution in [0.5, 0.6) is 5.75 Å². The van der Waals surface area contributed by atoms with Gasteiger partial charge in [-0.15, -0.1) is 0 Å². The van der Waals surface area contributed by atoms with E-state index in [-0.39, 0.29) is 11.9 Å². The van der Waals surface area contributed by atoms with Crippen molar-refractivity contribution in [3.05, 3.63) is 29.8 Å². The maximum absolute atomic E-state index is 10.1. The van der Waals surface area contributed by atoms with Crippen molar-refractivity contribution < 1.29 is 10.2 Å². The van der Waals surface area contributed by atoms with Crippen molar-refractivity contribution in [2.24, 2.45) is 5.92 Å². The van der Waals surface area contributed by atoms with Crippen molar-refractivity contribution in [1.29, 1.82) is 0 Å². The fourth-order valence-corrected chi connectivity index (χ4v) is 2.94. The van der Waals surface area contributed by atoms with Crippen molar-refractivity contribution in [2.45, 2.75) is 57.5 Å². The molecule has 0 aromatic heterocycles. The van der Waals surface area contributed by atoms with Crippen LogP contribution in [0.4, 0.5) is 0 Å². The van der Waals surface area contributed by atoms with Crippen molar-refractivity contribution in [3.63, 3.8) is 0 Å². The lowest BCUT2D eigenvalue weighted by atomic mass is 9.85. The second kappa shape index (κ2) is 6.79. The van der Waals surface area contributed by atoms with Crippen LogP contribution in [0.25, 0.3) is 0 Å². The Hall–Kier alpha value is -1.02. The van der Waals surface area contributed by atoms with Gasteiger partial charge in [0.25, 0.3) is 0 Å². The summed E-state index contributed by atoms with van der Waals surface area (Å²) >= 11 is 0. The van der Waals surface area contributed by atoms with E-state index in [0.29, 0.717) is 0 Å². The molecule has 0 radical (unpaired) electrons. The molecular formula is C16H24O2. The molecule has 0 saturated heterocycles. The van der Waals surface area contributed by atoms with Gasteiger partial charge in [0.15, 0.2) is 0 Å². The number of rotatable bonds is 5. The monoisotopic (exact) mass is 248 g/mol. The molecule has 1 atom stereocenters. The van der Waals surface area contributed by atoms with Crippen molar-refractivity contribution in [3.8, 4) is 5.75 Å². The van der Waals surface area contributed by atoms with E-state index in [2.05, 4.69) is 0 Å². The Morgan fingerprint density at radius 1 is 1.06 bits per heavy atom. The number of benzene rings is 1. The van der Waals surface area contributed by atoms with Crippen molar-refractivity contribution >= 4 is 0 Å². The summed E-state index contributed by atoms with van der Waals surface area (Å²) < 4.78 is 0. The van der Waals surface area contributed by atoms with Gasteiger partial charge in [-0.3, -0.25) is 0 Å². The first kappa shape index (κ1) is 13.4. The van der Waals surface area contributed by atoms with E-state index < -0.39 is 0 Å². The molecule has 2 rings (SSSR count). The molecule has 0 bridgehead atoms. The molecule has 100 valence electrons. The smallest absolute Gasteiger partial charge is 0.115 e. The molecule has 2 N–H and O–H groups in total. The zero-order valence-corrected chi connectivity index (χ0v) is 11.0. The van der Waals surface area contributed by atoms with E-state index in [1.54, 1.807) is 24.3 Å². The first-order valence-electron chi connectivity index (χ1n) is 7.22. The molecule has 1 saturated carbocycles. The van der Waals surface area contributed by atoms with Crippen LogP contribution in [0.1, 0.15) is 63.0 Å². The molecule has 1 aromatic rings. The van der Waals surface area contributed by atoms with Gasteiger partial charge in [0.2, 0.25) is 0 Å². The Kier molecular flexibility index (Phi) is 5.06. The molecule has 1 aromatic carbocycles. The third kappa shape index (κ3) is 4.02. The van der Waals surface area contributed by atoms with Gasteiger partial charge in [0.1, 0.15) is 5.75 Å². The van der Waals surface area contributed by atoms with Gasteiger partial charge in [0, 0.05) is 0 Å². The molecule has 1 aliphatic rings. The standard InChI is InChI=1S/C16H24O2/c17-15-11-9-14(10-12-15)16(18)8-4-7-13-5-2-1-3-6-13/h9-13,16-18H,1-8H2. The molecule has 0 heterocycles. The fourth-order valence-electron chi connectivity index (χ4n) is 2.94. The van der Waals surface area contributed by atoms with Crippen molar-refractivity contribution in [2.75, 3.05) is 0 Å². The summed E-state index contributed by atoms with van der Waals surface area (Å²) in [6, 6.07) is 6.89. The van der Waals surface area contributed by atoms with Gasteiger partial charge in [-0.05, 0) is 30.0 Å². The van der Waals surface area contributed by atoms with Crippen LogP contribution < -0.4 is 0 Å². The predicted molar refractivity (Wildman–Crippen MR) is 73.5 cm³/mol. The number of aromatic hydroxyl groups is 1. The highest BCUT2D eigenvalue weighted by Crippen LogP contribution is 2.29. The molecule has 0 aliphatic heterocycles. The second-order valence-corrected chi connectivity index (χ2v) is 5.54. The number of phenolic OH excluding ortho intramolecular Hbond substituents is 1. The van der Waals surface area contributed by atoms with Crippen LogP contribution in [-0.4, -0.2) is 10.2 Å². The van der Waals surface area contributed by atoms with Crippen LogP contribution in [0.3, 0.4) is 0 Å². The topological polar surface area (TPSA) is 40.5 Å². The molecule has 1 aliphatic carbocycles. The Labute approximate surface area is 110 Å². The summed E-state index contributed by atoms with van der Waals surface area (Å²) in [6.45, 7) is 0. The first-order valence-corrected chi connectivity index (χ1v) is 7.22. The number of aliphatic hydroxyl groups is 1. The Bertz CT molecular complexity index is 339. The zero-order valence-electron chi connectivity index (χ0n) is 11.0. The highest BCUT2D eigenvalue weighted by molar-refractivity contribution is 5.27. The van der Waals surface area contributed by atoms with Crippen LogP contribution in [-0.2, 0) is 0 Å². The van der Waals surface area contributed by atoms with Gasteiger partial charge in [-0.25, -0.2) is 0 Å². The minimum atomic E-state index is -0.380. The van der Waals surface area contributed by atoms with Crippen molar-refractivity contribution in [1.82, 2.24) is 0 Å². The van der Waals surface area contributed by atoms with E-state index in [1.165, 1.54) is 38.5 Å². The quantitative estimate of drug-likeness (QED) is 0.820. The average Bonchev–Trinajstić information content (AvgIpc) is 2.40. The fraction of sp³-hybridized carbons (Fsp3) is 0.625. The van der Waals surface area contributed by atoms with E-state index in [1.807, 2.05) is 0 Å². The van der Waals surface area contributed by atoms with Gasteiger partial charge in [0.05, 0.1) is 6.10 Å². The molecule has 2 heteroatoms. The van der Waals surface area contributed by atoms with Crippen LogP contribution >= 0.6 is 0 Å². The summed E-state index contributed by atoms with van der Waals surface area (Å²) in [6.07, 6.45) is 9.78. The first-order chi connectivity index (χ1) is 8.75. The highest BCUT2D eigenvalue weighted by atomic mass is 16.3. The molecule has 1 unspecified atom stereocenters. The minimum absolute atomic E-state index is 0.258. The predicted octanol–water partition coefficient (Wildman–Crippen LogP) is 4.18. The SMILES string of the molecule is Oc1ccc(C(O)CCCC2CCCCC2)cc1. The number of hydrogen-bond acceptors (Lipinski definition) is 2. The lowest BCUT2D eigenvalue weighted by molar-refractivity contribution is 0.159. The molecule has 1 fully saturated rings. The molecule has 0 amide bonds. The Morgan fingerprint density at radius 2 is 1.72 bits per heavy atom. The van der Waals surface area contributed by atoms with Gasteiger partial charge < -0.3 is 10.2 Å². The van der Waals surface area contributed by atoms with E-state index in [0.717, 1.165) is 24.3 Å². The zero-order chi connectivity index (χ0) is 12.8. The van der Waals surface area contributed by atoms with Crippen LogP contribution in [0.2, 0.25) is 0 Å². The lowest BCUT2D eigenvalue weighted by Gasteiger charge is -2.21. The van der Waals surface area contributed by atoms with E-state index in [9.17, 15) is 10.2 Å². The Balaban J connectivity index is 1.70. The normalized spacial score (nSPS) is 18.7. The second-order valence-electron chi connectivity index (χ2n) is 5.54. The van der Waals surface area contributed by atoms with Crippen LogP contribution in [0, 0.1) is 5.92 Å². The van der Waals surface area contributed by atoms with E-state index in [4.69, 9.17) is 0 Å². The average molecular weight is 248 g/mol. The highest BCUT2D eigenvalue weighted by Gasteiger charge is 2.14. The van der Waals surface area contributed by atoms with Gasteiger partial charge in [-0.2, -0.15) is 0 Å². The number of phenols is 1. The van der Waals surface area contributed by atoms with Gasteiger partial charge >= 0.3 is 0 Å². The Morgan fingerprint density at radius 3 is 2.39 bits per heavy atom. The van der Waals surface area contributed by atoms with Crippen LogP contribution in [0.15, 0.2) is 24.3 Å². The summed E-state index contributed by atoms with van der Waals surface area (Å²) in [5.41, 5.74) is 0.913. The molecule has 2 nitrogen and oxygen atoms in total. The number of hydrogen-bond donors (Lipinski definition) is 2.